The molecule has 2 heterocycles. The van der Waals surface area contributed by atoms with Gasteiger partial charge in [0.2, 0.25) is 0 Å². The fourth-order valence-electron chi connectivity index (χ4n) is 4.56. The van der Waals surface area contributed by atoms with E-state index in [1.165, 1.54) is 29.8 Å². The summed E-state index contributed by atoms with van der Waals surface area (Å²) < 4.78 is 13.1. The first kappa shape index (κ1) is 24.6. The summed E-state index contributed by atoms with van der Waals surface area (Å²) in [4.78, 5) is 18.5. The Balaban J connectivity index is 1.55. The second-order valence-corrected chi connectivity index (χ2v) is 11.9. The van der Waals surface area contributed by atoms with Crippen LogP contribution in [0.5, 0.6) is 0 Å². The fraction of sp³-hybridized carbons (Fsp3) is 0.393. The highest BCUT2D eigenvalue weighted by Gasteiger charge is 2.33. The Hall–Kier alpha value is -2.49. The average Bonchev–Trinajstić information content (AvgIpc) is 3.34. The molecule has 6 heteroatoms. The topological polar surface area (TPSA) is 53.8 Å². The summed E-state index contributed by atoms with van der Waals surface area (Å²) in [7, 11) is 0. The van der Waals surface area contributed by atoms with Crippen LogP contribution in [0, 0.1) is 28.5 Å². The van der Waals surface area contributed by atoms with E-state index in [2.05, 4.69) is 38.3 Å². The van der Waals surface area contributed by atoms with E-state index in [1.807, 2.05) is 6.07 Å². The Morgan fingerprint density at radius 3 is 2.68 bits per heavy atom. The van der Waals surface area contributed by atoms with Crippen molar-refractivity contribution in [1.82, 2.24) is 4.98 Å². The number of carbonyl (C=O) groups is 1. The highest BCUT2D eigenvalue weighted by Crippen LogP contribution is 2.44. The third-order valence-corrected chi connectivity index (χ3v) is 8.54. The van der Waals surface area contributed by atoms with Crippen molar-refractivity contribution in [2.45, 2.75) is 57.9 Å². The van der Waals surface area contributed by atoms with Crippen LogP contribution in [0.15, 0.2) is 46.8 Å². The molecule has 1 atom stereocenters. The highest BCUT2D eigenvalue weighted by molar-refractivity contribution is 7.99. The van der Waals surface area contributed by atoms with Gasteiger partial charge in [-0.1, -0.05) is 26.8 Å². The number of hydrogen-bond donors (Lipinski definition) is 0. The predicted molar refractivity (Wildman–Crippen MR) is 138 cm³/mol. The summed E-state index contributed by atoms with van der Waals surface area (Å²) in [5.41, 5.74) is 4.81. The molecular formula is C28H29FN2OS2. The number of carbonyl (C=O) groups excluding carboxylic acids is 1. The van der Waals surface area contributed by atoms with E-state index in [0.29, 0.717) is 35.6 Å². The summed E-state index contributed by atoms with van der Waals surface area (Å²) in [6.45, 7) is 6.89. The lowest BCUT2D eigenvalue weighted by molar-refractivity contribution is 0.0982. The number of Topliss-reactive ketones (excluding diaryl/α,β-unsaturated/α-hetero) is 1. The molecule has 0 amide bonds. The molecule has 4 rings (SSSR count). The van der Waals surface area contributed by atoms with Crippen LogP contribution in [0.2, 0.25) is 0 Å². The van der Waals surface area contributed by atoms with Gasteiger partial charge < -0.3 is 0 Å². The van der Waals surface area contributed by atoms with Gasteiger partial charge in [-0.25, -0.2) is 9.37 Å². The van der Waals surface area contributed by atoms with Gasteiger partial charge in [0.15, 0.2) is 5.78 Å². The summed E-state index contributed by atoms with van der Waals surface area (Å²) in [5, 5.41) is 13.0. The number of halogens is 1. The van der Waals surface area contributed by atoms with Gasteiger partial charge in [0.1, 0.15) is 16.9 Å². The quantitative estimate of drug-likeness (QED) is 0.192. The maximum atomic E-state index is 13.1. The van der Waals surface area contributed by atoms with E-state index in [4.69, 9.17) is 4.98 Å². The first-order valence-electron chi connectivity index (χ1n) is 11.7. The van der Waals surface area contributed by atoms with E-state index in [1.54, 1.807) is 23.1 Å². The van der Waals surface area contributed by atoms with Crippen molar-refractivity contribution in [3.8, 4) is 16.5 Å². The summed E-state index contributed by atoms with van der Waals surface area (Å²) in [6, 6.07) is 12.3. The number of nitriles is 1. The number of thiophene rings is 1. The van der Waals surface area contributed by atoms with Crippen LogP contribution in [0.4, 0.5) is 4.39 Å². The van der Waals surface area contributed by atoms with Crippen molar-refractivity contribution in [2.24, 2.45) is 11.3 Å². The monoisotopic (exact) mass is 492 g/mol. The van der Waals surface area contributed by atoms with E-state index in [9.17, 15) is 14.4 Å². The minimum Gasteiger partial charge on any atom is -0.294 e. The molecule has 0 N–H and O–H groups in total. The Kier molecular flexibility index (Phi) is 7.54. The van der Waals surface area contributed by atoms with Gasteiger partial charge >= 0.3 is 0 Å². The van der Waals surface area contributed by atoms with Crippen molar-refractivity contribution in [2.75, 3.05) is 5.75 Å². The van der Waals surface area contributed by atoms with Crippen LogP contribution >= 0.6 is 23.1 Å². The molecule has 0 unspecified atom stereocenters. The third-order valence-electron chi connectivity index (χ3n) is 6.59. The number of thioether (sulfide) groups is 1. The molecule has 1 aliphatic rings. The van der Waals surface area contributed by atoms with Crippen LogP contribution in [-0.2, 0) is 12.8 Å². The lowest BCUT2D eigenvalue weighted by atomic mass is 9.70. The Morgan fingerprint density at radius 2 is 2.03 bits per heavy atom. The van der Waals surface area contributed by atoms with Crippen molar-refractivity contribution in [1.29, 1.82) is 5.26 Å². The van der Waals surface area contributed by atoms with E-state index in [0.717, 1.165) is 40.4 Å². The van der Waals surface area contributed by atoms with Gasteiger partial charge in [0.25, 0.3) is 0 Å². The summed E-state index contributed by atoms with van der Waals surface area (Å²) >= 11 is 3.23. The molecule has 176 valence electrons. The molecule has 0 bridgehead atoms. The molecule has 2 aromatic heterocycles. The number of pyridine rings is 1. The van der Waals surface area contributed by atoms with Crippen molar-refractivity contribution < 1.29 is 9.18 Å². The minimum absolute atomic E-state index is 0.00648. The van der Waals surface area contributed by atoms with Gasteiger partial charge in [0.05, 0.1) is 5.56 Å². The molecule has 1 aliphatic carbocycles. The van der Waals surface area contributed by atoms with Gasteiger partial charge in [0, 0.05) is 28.1 Å². The zero-order valence-electron chi connectivity index (χ0n) is 19.9. The molecule has 34 heavy (non-hydrogen) atoms. The Bertz CT molecular complexity index is 1210. The average molecular weight is 493 g/mol. The zero-order chi connectivity index (χ0) is 24.3. The van der Waals surface area contributed by atoms with Crippen LogP contribution in [-0.4, -0.2) is 16.5 Å². The van der Waals surface area contributed by atoms with Crippen LogP contribution in [0.3, 0.4) is 0 Å². The molecule has 0 saturated carbocycles. The number of aromatic nitrogens is 1. The molecule has 3 nitrogen and oxygen atoms in total. The molecular weight excluding hydrogens is 463 g/mol. The second kappa shape index (κ2) is 10.4. The van der Waals surface area contributed by atoms with E-state index in [-0.39, 0.29) is 17.0 Å². The largest absolute Gasteiger partial charge is 0.294 e. The number of aryl methyl sites for hydroxylation is 1. The van der Waals surface area contributed by atoms with Gasteiger partial charge in [-0.2, -0.15) is 5.26 Å². The summed E-state index contributed by atoms with van der Waals surface area (Å²) in [5.74, 6) is 0.919. The molecule has 0 aliphatic heterocycles. The number of nitrogens with zero attached hydrogens (tertiary/aromatic N) is 2. The summed E-state index contributed by atoms with van der Waals surface area (Å²) in [6.07, 6.45) is 4.04. The van der Waals surface area contributed by atoms with Gasteiger partial charge in [-0.05, 0) is 84.0 Å². The lowest BCUT2D eigenvalue weighted by Crippen LogP contribution is -2.28. The standard InChI is InChI=1S/C28H29FN2OS2/c1-28(2,3)19-10-13-23-21(16-19)26(25-7-5-14-33-25)22(17-30)27(31-23)34-15-4-6-24(32)18-8-11-20(29)12-9-18/h5,7-9,11-12,14,19H,4,6,10,13,15-16H2,1-3H3/t19-/m0/s1. The zero-order valence-corrected chi connectivity index (χ0v) is 21.5. The Labute approximate surface area is 209 Å². The van der Waals surface area contributed by atoms with Crippen LogP contribution < -0.4 is 0 Å². The SMILES string of the molecule is CC(C)(C)[C@H]1CCc2nc(SCCCC(=O)c3ccc(F)cc3)c(C#N)c(-c3cccs3)c2C1. The number of fused-ring (bicyclic) bond motifs is 1. The van der Waals surface area contributed by atoms with Crippen molar-refractivity contribution >= 4 is 28.9 Å². The van der Waals surface area contributed by atoms with E-state index >= 15 is 0 Å². The number of benzene rings is 1. The number of hydrogen-bond acceptors (Lipinski definition) is 5. The minimum atomic E-state index is -0.343. The number of ketones is 1. The second-order valence-electron chi connectivity index (χ2n) is 9.87. The van der Waals surface area contributed by atoms with Crippen LogP contribution in [0.1, 0.15) is 67.2 Å². The van der Waals surface area contributed by atoms with E-state index < -0.39 is 0 Å². The maximum absolute atomic E-state index is 13.1. The first-order chi connectivity index (χ1) is 16.3. The fourth-order valence-corrected chi connectivity index (χ4v) is 6.31. The Morgan fingerprint density at radius 1 is 1.26 bits per heavy atom. The number of rotatable bonds is 7. The van der Waals surface area contributed by atoms with Gasteiger partial charge in [-0.15, -0.1) is 23.1 Å². The molecule has 0 radical (unpaired) electrons. The predicted octanol–water partition coefficient (Wildman–Crippen LogP) is 7.73. The lowest BCUT2D eigenvalue weighted by Gasteiger charge is -2.35. The molecule has 3 aromatic rings. The van der Waals surface area contributed by atoms with Crippen LogP contribution in [0.25, 0.3) is 10.4 Å². The normalized spacial score (nSPS) is 15.6. The third kappa shape index (κ3) is 5.42. The molecule has 0 saturated heterocycles. The van der Waals surface area contributed by atoms with Crippen molar-refractivity contribution in [3.05, 3.63) is 70.0 Å². The molecule has 0 fully saturated rings. The molecule has 0 spiro atoms. The smallest absolute Gasteiger partial charge is 0.162 e. The van der Waals surface area contributed by atoms with Crippen molar-refractivity contribution in [3.63, 3.8) is 0 Å². The molecule has 1 aromatic carbocycles. The van der Waals surface area contributed by atoms with Gasteiger partial charge in [-0.3, -0.25) is 4.79 Å². The highest BCUT2D eigenvalue weighted by atomic mass is 32.2. The first-order valence-corrected chi connectivity index (χ1v) is 13.6. The maximum Gasteiger partial charge on any atom is 0.162 e.